The average Bonchev–Trinajstić information content (AvgIpc) is 2.38. The molecule has 0 aromatic heterocycles. The SMILES string of the molecule is CCNC(=O)[C@H](C)N(C)Cc1cccc(OC)c1. The van der Waals surface area contributed by atoms with Gasteiger partial charge in [-0.15, -0.1) is 0 Å². The van der Waals surface area contributed by atoms with Crippen molar-refractivity contribution in [2.24, 2.45) is 0 Å². The third kappa shape index (κ3) is 4.04. The summed E-state index contributed by atoms with van der Waals surface area (Å²) in [5.41, 5.74) is 1.13. The third-order valence-corrected chi connectivity index (χ3v) is 2.96. The zero-order chi connectivity index (χ0) is 13.5. The summed E-state index contributed by atoms with van der Waals surface area (Å²) >= 11 is 0. The van der Waals surface area contributed by atoms with Crippen molar-refractivity contribution in [2.75, 3.05) is 20.7 Å². The van der Waals surface area contributed by atoms with Gasteiger partial charge < -0.3 is 10.1 Å². The van der Waals surface area contributed by atoms with Crippen LogP contribution in [-0.2, 0) is 11.3 Å². The first-order valence-corrected chi connectivity index (χ1v) is 6.19. The van der Waals surface area contributed by atoms with E-state index in [2.05, 4.69) is 5.32 Å². The van der Waals surface area contributed by atoms with Crippen LogP contribution in [0.5, 0.6) is 5.75 Å². The lowest BCUT2D eigenvalue weighted by Gasteiger charge is -2.23. The Morgan fingerprint density at radius 2 is 2.22 bits per heavy atom. The molecule has 0 fully saturated rings. The fourth-order valence-electron chi connectivity index (χ4n) is 1.72. The maximum absolute atomic E-state index is 11.7. The molecule has 1 aromatic carbocycles. The Kier molecular flexibility index (Phi) is 5.65. The summed E-state index contributed by atoms with van der Waals surface area (Å²) in [6, 6.07) is 7.75. The summed E-state index contributed by atoms with van der Waals surface area (Å²) in [5.74, 6) is 0.898. The molecule has 0 saturated carbocycles. The van der Waals surface area contributed by atoms with Crippen LogP contribution in [-0.4, -0.2) is 37.6 Å². The topological polar surface area (TPSA) is 41.6 Å². The smallest absolute Gasteiger partial charge is 0.237 e. The summed E-state index contributed by atoms with van der Waals surface area (Å²) in [5, 5.41) is 2.83. The number of hydrogen-bond donors (Lipinski definition) is 1. The molecule has 1 rings (SSSR count). The van der Waals surface area contributed by atoms with Gasteiger partial charge in [0, 0.05) is 13.1 Å². The highest BCUT2D eigenvalue weighted by atomic mass is 16.5. The minimum absolute atomic E-state index is 0.0582. The van der Waals surface area contributed by atoms with Gasteiger partial charge in [-0.2, -0.15) is 0 Å². The van der Waals surface area contributed by atoms with Gasteiger partial charge >= 0.3 is 0 Å². The number of ether oxygens (including phenoxy) is 1. The molecule has 0 aliphatic heterocycles. The first-order valence-electron chi connectivity index (χ1n) is 6.19. The van der Waals surface area contributed by atoms with Gasteiger partial charge in [-0.3, -0.25) is 9.69 Å². The average molecular weight is 250 g/mol. The van der Waals surface area contributed by atoms with Crippen LogP contribution in [0.3, 0.4) is 0 Å². The molecule has 18 heavy (non-hydrogen) atoms. The van der Waals surface area contributed by atoms with E-state index >= 15 is 0 Å². The Morgan fingerprint density at radius 1 is 1.50 bits per heavy atom. The Labute approximate surface area is 109 Å². The number of amides is 1. The van der Waals surface area contributed by atoms with Crippen molar-refractivity contribution in [1.82, 2.24) is 10.2 Å². The second-order valence-electron chi connectivity index (χ2n) is 4.34. The van der Waals surface area contributed by atoms with Gasteiger partial charge in [-0.05, 0) is 38.6 Å². The second-order valence-corrected chi connectivity index (χ2v) is 4.34. The predicted octanol–water partition coefficient (Wildman–Crippen LogP) is 1.65. The Balaban J connectivity index is 2.62. The number of rotatable bonds is 6. The molecule has 1 N–H and O–H groups in total. The summed E-state index contributed by atoms with van der Waals surface area (Å²) < 4.78 is 5.19. The summed E-state index contributed by atoms with van der Waals surface area (Å²) in [7, 11) is 3.60. The van der Waals surface area contributed by atoms with E-state index in [1.807, 2.05) is 50.1 Å². The van der Waals surface area contributed by atoms with Gasteiger partial charge in [0.25, 0.3) is 0 Å². The number of carbonyl (C=O) groups excluding carboxylic acids is 1. The molecule has 1 atom stereocenters. The molecule has 0 saturated heterocycles. The van der Waals surface area contributed by atoms with Gasteiger partial charge in [0.15, 0.2) is 0 Å². The highest BCUT2D eigenvalue weighted by molar-refractivity contribution is 5.81. The number of hydrogen-bond acceptors (Lipinski definition) is 3. The minimum Gasteiger partial charge on any atom is -0.497 e. The van der Waals surface area contributed by atoms with Crippen LogP contribution in [0.25, 0.3) is 0 Å². The zero-order valence-corrected chi connectivity index (χ0v) is 11.6. The van der Waals surface area contributed by atoms with E-state index in [0.717, 1.165) is 17.9 Å². The molecule has 0 bridgehead atoms. The van der Waals surface area contributed by atoms with Crippen molar-refractivity contribution < 1.29 is 9.53 Å². The van der Waals surface area contributed by atoms with Crippen molar-refractivity contribution >= 4 is 5.91 Å². The van der Waals surface area contributed by atoms with Crippen molar-refractivity contribution in [3.8, 4) is 5.75 Å². The standard InChI is InChI=1S/C14H22N2O2/c1-5-15-14(17)11(2)16(3)10-12-7-6-8-13(9-12)18-4/h6-9,11H,5,10H2,1-4H3,(H,15,17)/t11-/m0/s1. The van der Waals surface area contributed by atoms with Crippen LogP contribution in [0.2, 0.25) is 0 Å². The normalized spacial score (nSPS) is 12.3. The monoisotopic (exact) mass is 250 g/mol. The largest absolute Gasteiger partial charge is 0.497 e. The predicted molar refractivity (Wildman–Crippen MR) is 72.6 cm³/mol. The zero-order valence-electron chi connectivity index (χ0n) is 11.6. The molecule has 0 radical (unpaired) electrons. The van der Waals surface area contributed by atoms with Gasteiger partial charge in [-0.25, -0.2) is 0 Å². The maximum Gasteiger partial charge on any atom is 0.237 e. The van der Waals surface area contributed by atoms with Crippen LogP contribution in [0, 0.1) is 0 Å². The van der Waals surface area contributed by atoms with Gasteiger partial charge in [-0.1, -0.05) is 12.1 Å². The fraction of sp³-hybridized carbons (Fsp3) is 0.500. The van der Waals surface area contributed by atoms with Gasteiger partial charge in [0.1, 0.15) is 5.75 Å². The minimum atomic E-state index is -0.142. The first-order chi connectivity index (χ1) is 8.58. The van der Waals surface area contributed by atoms with Crippen LogP contribution >= 0.6 is 0 Å². The van der Waals surface area contributed by atoms with E-state index < -0.39 is 0 Å². The molecule has 0 aliphatic carbocycles. The number of benzene rings is 1. The Hall–Kier alpha value is -1.55. The maximum atomic E-state index is 11.7. The van der Waals surface area contributed by atoms with Crippen LogP contribution in [0.15, 0.2) is 24.3 Å². The molecular formula is C14H22N2O2. The quantitative estimate of drug-likeness (QED) is 0.834. The lowest BCUT2D eigenvalue weighted by atomic mass is 10.1. The van der Waals surface area contributed by atoms with Crippen LogP contribution in [0.4, 0.5) is 0 Å². The second kappa shape index (κ2) is 7.01. The van der Waals surface area contributed by atoms with Gasteiger partial charge in [0.05, 0.1) is 13.2 Å². The van der Waals surface area contributed by atoms with Crippen molar-refractivity contribution in [3.63, 3.8) is 0 Å². The number of carbonyl (C=O) groups is 1. The van der Waals surface area contributed by atoms with E-state index in [0.29, 0.717) is 6.54 Å². The molecule has 100 valence electrons. The summed E-state index contributed by atoms with van der Waals surface area (Å²) in [6.07, 6.45) is 0. The molecule has 0 spiro atoms. The summed E-state index contributed by atoms with van der Waals surface area (Å²) in [4.78, 5) is 13.7. The lowest BCUT2D eigenvalue weighted by molar-refractivity contribution is -0.125. The number of methoxy groups -OCH3 is 1. The molecule has 0 heterocycles. The lowest BCUT2D eigenvalue weighted by Crippen LogP contribution is -2.42. The number of nitrogens with one attached hydrogen (secondary N) is 1. The van der Waals surface area contributed by atoms with E-state index in [1.165, 1.54) is 0 Å². The first kappa shape index (κ1) is 14.5. The Morgan fingerprint density at radius 3 is 2.83 bits per heavy atom. The molecule has 1 aromatic rings. The summed E-state index contributed by atoms with van der Waals surface area (Å²) in [6.45, 7) is 5.21. The number of likely N-dealkylation sites (N-methyl/N-ethyl adjacent to an activating group) is 2. The van der Waals surface area contributed by atoms with E-state index in [1.54, 1.807) is 7.11 Å². The molecule has 0 unspecified atom stereocenters. The highest BCUT2D eigenvalue weighted by Gasteiger charge is 2.17. The third-order valence-electron chi connectivity index (χ3n) is 2.96. The molecule has 4 heteroatoms. The molecule has 4 nitrogen and oxygen atoms in total. The highest BCUT2D eigenvalue weighted by Crippen LogP contribution is 2.14. The molecule has 1 amide bonds. The number of nitrogens with zero attached hydrogens (tertiary/aromatic N) is 1. The molecule has 0 aliphatic rings. The van der Waals surface area contributed by atoms with E-state index in [4.69, 9.17) is 4.74 Å². The van der Waals surface area contributed by atoms with E-state index in [-0.39, 0.29) is 11.9 Å². The fourth-order valence-corrected chi connectivity index (χ4v) is 1.72. The van der Waals surface area contributed by atoms with Crippen molar-refractivity contribution in [3.05, 3.63) is 29.8 Å². The van der Waals surface area contributed by atoms with Crippen molar-refractivity contribution in [2.45, 2.75) is 26.4 Å². The van der Waals surface area contributed by atoms with Crippen molar-refractivity contribution in [1.29, 1.82) is 0 Å². The van der Waals surface area contributed by atoms with Crippen LogP contribution in [0.1, 0.15) is 19.4 Å². The van der Waals surface area contributed by atoms with E-state index in [9.17, 15) is 4.79 Å². The van der Waals surface area contributed by atoms with Crippen LogP contribution < -0.4 is 10.1 Å². The Bertz CT molecular complexity index is 393. The van der Waals surface area contributed by atoms with Gasteiger partial charge in [0.2, 0.25) is 5.91 Å². The molecular weight excluding hydrogens is 228 g/mol.